The first-order valence-electron chi connectivity index (χ1n) is 10.3. The molecule has 158 valence electrons. The smallest absolute Gasteiger partial charge is 0.336 e. The van der Waals surface area contributed by atoms with Crippen molar-refractivity contribution in [3.8, 4) is 0 Å². The predicted octanol–water partition coefficient (Wildman–Crippen LogP) is 2.54. The van der Waals surface area contributed by atoms with Crippen LogP contribution in [0.15, 0.2) is 15.3 Å². The minimum absolute atomic E-state index is 0.118. The second-order valence-electron chi connectivity index (χ2n) is 10.2. The topological polar surface area (TPSA) is 95.2 Å². The minimum Gasteiger partial charge on any atom is -0.458 e. The van der Waals surface area contributed by atoms with E-state index in [1.807, 2.05) is 41.5 Å². The molecule has 4 aliphatic rings. The highest BCUT2D eigenvalue weighted by molar-refractivity contribution is 5.81. The van der Waals surface area contributed by atoms with E-state index in [1.165, 1.54) is 6.07 Å². The molecule has 1 aromatic rings. The van der Waals surface area contributed by atoms with Gasteiger partial charge >= 0.3 is 11.6 Å². The van der Waals surface area contributed by atoms with Crippen molar-refractivity contribution in [2.24, 2.45) is 11.3 Å². The third-order valence-corrected chi connectivity index (χ3v) is 7.51. The molecule has 2 aliphatic heterocycles. The van der Waals surface area contributed by atoms with Crippen LogP contribution in [0.3, 0.4) is 0 Å². The van der Waals surface area contributed by atoms with Crippen LogP contribution >= 0.6 is 0 Å². The number of hydrogen-bond acceptors (Lipinski definition) is 7. The Morgan fingerprint density at radius 2 is 1.83 bits per heavy atom. The molecular formula is C22H28O7. The minimum atomic E-state index is -1.05. The van der Waals surface area contributed by atoms with Gasteiger partial charge in [0.2, 0.25) is 0 Å². The molecule has 0 amide bonds. The maximum absolute atomic E-state index is 13.0. The molecule has 7 atom stereocenters. The van der Waals surface area contributed by atoms with Gasteiger partial charge in [0.25, 0.3) is 0 Å². The summed E-state index contributed by atoms with van der Waals surface area (Å²) in [5.41, 5.74) is -0.819. The van der Waals surface area contributed by atoms with E-state index in [4.69, 9.17) is 18.6 Å². The van der Waals surface area contributed by atoms with Crippen molar-refractivity contribution in [2.45, 2.75) is 89.5 Å². The number of aliphatic hydroxyl groups is 1. The molecule has 1 saturated carbocycles. The van der Waals surface area contributed by atoms with Crippen LogP contribution in [0.2, 0.25) is 0 Å². The van der Waals surface area contributed by atoms with Crippen LogP contribution in [-0.2, 0) is 24.4 Å². The van der Waals surface area contributed by atoms with Crippen LogP contribution in [-0.4, -0.2) is 35.2 Å². The standard InChI is InChI=1S/C22H28O7/c1-9(2)15-13-10(7-12(23)26-15)22(6)17-16(14(13)24)27-19(25)21(17,5)8-11-18(22)29-20(3,4)28-11/h7,9,11,14,16-18,24H,8H2,1-6H3/t11-,14-,16?,17?,18-,21+,22-/m1/s1. The maximum Gasteiger partial charge on any atom is 0.336 e. The lowest BCUT2D eigenvalue weighted by atomic mass is 9.48. The monoisotopic (exact) mass is 404 g/mol. The van der Waals surface area contributed by atoms with Gasteiger partial charge in [0.15, 0.2) is 5.79 Å². The van der Waals surface area contributed by atoms with E-state index in [-0.39, 0.29) is 30.0 Å². The van der Waals surface area contributed by atoms with Gasteiger partial charge in [0, 0.05) is 28.9 Å². The van der Waals surface area contributed by atoms with Gasteiger partial charge in [-0.15, -0.1) is 0 Å². The highest BCUT2D eigenvalue weighted by atomic mass is 16.8. The van der Waals surface area contributed by atoms with Gasteiger partial charge in [-0.05, 0) is 32.8 Å². The largest absolute Gasteiger partial charge is 0.458 e. The Kier molecular flexibility index (Phi) is 3.66. The Morgan fingerprint density at radius 3 is 2.48 bits per heavy atom. The maximum atomic E-state index is 13.0. The molecule has 0 spiro atoms. The lowest BCUT2D eigenvalue weighted by Gasteiger charge is -2.55. The molecule has 7 heteroatoms. The second kappa shape index (κ2) is 5.50. The van der Waals surface area contributed by atoms with Gasteiger partial charge < -0.3 is 23.7 Å². The fraction of sp³-hybridized carbons (Fsp3) is 0.727. The number of aliphatic hydroxyl groups excluding tert-OH is 1. The Bertz CT molecular complexity index is 962. The molecule has 1 aromatic heterocycles. The van der Waals surface area contributed by atoms with Gasteiger partial charge in [-0.3, -0.25) is 4.79 Å². The molecule has 3 heterocycles. The van der Waals surface area contributed by atoms with Crippen molar-refractivity contribution in [2.75, 3.05) is 0 Å². The average molecular weight is 404 g/mol. The molecule has 5 rings (SSSR count). The summed E-state index contributed by atoms with van der Waals surface area (Å²) in [7, 11) is 0. The summed E-state index contributed by atoms with van der Waals surface area (Å²) in [4.78, 5) is 25.5. The first kappa shape index (κ1) is 19.3. The van der Waals surface area contributed by atoms with Crippen molar-refractivity contribution in [1.82, 2.24) is 0 Å². The Morgan fingerprint density at radius 1 is 1.14 bits per heavy atom. The van der Waals surface area contributed by atoms with Gasteiger partial charge in [0.1, 0.15) is 18.0 Å². The quantitative estimate of drug-likeness (QED) is 0.719. The number of fused-ring (bicyclic) bond motifs is 4. The molecule has 0 aromatic carbocycles. The van der Waals surface area contributed by atoms with Gasteiger partial charge in [-0.2, -0.15) is 0 Å². The zero-order valence-corrected chi connectivity index (χ0v) is 17.6. The molecule has 0 bridgehead atoms. The Hall–Kier alpha value is -1.70. The summed E-state index contributed by atoms with van der Waals surface area (Å²) >= 11 is 0. The van der Waals surface area contributed by atoms with Crippen molar-refractivity contribution < 1.29 is 28.5 Å². The number of rotatable bonds is 1. The first-order valence-corrected chi connectivity index (χ1v) is 10.3. The first-order chi connectivity index (χ1) is 13.4. The molecule has 1 N–H and O–H groups in total. The number of esters is 1. The normalized spacial score (nSPS) is 44.3. The Labute approximate surface area is 169 Å². The molecule has 0 radical (unpaired) electrons. The SMILES string of the molecule is CC(C)c1oc(=O)cc2c1[C@@H](O)C1OC(=O)[C@@]3(C)C[C@H]4OC(C)(C)O[C@H]4[C@@]2(C)C13. The number of carbonyl (C=O) groups excluding carboxylic acids is 1. The molecule has 2 aliphatic carbocycles. The van der Waals surface area contributed by atoms with Crippen molar-refractivity contribution in [3.05, 3.63) is 33.4 Å². The number of carbonyl (C=O) groups is 1. The molecule has 2 saturated heterocycles. The summed E-state index contributed by atoms with van der Waals surface area (Å²) in [6.45, 7) is 11.4. The van der Waals surface area contributed by atoms with Crippen LogP contribution in [0.1, 0.15) is 76.9 Å². The van der Waals surface area contributed by atoms with E-state index in [1.54, 1.807) is 0 Å². The van der Waals surface area contributed by atoms with Crippen LogP contribution in [0.4, 0.5) is 0 Å². The van der Waals surface area contributed by atoms with Crippen LogP contribution in [0.25, 0.3) is 0 Å². The van der Waals surface area contributed by atoms with E-state index >= 15 is 0 Å². The third-order valence-electron chi connectivity index (χ3n) is 7.51. The Balaban J connectivity index is 1.84. The zero-order chi connectivity index (χ0) is 21.1. The number of hydrogen-bond donors (Lipinski definition) is 1. The lowest BCUT2D eigenvalue weighted by molar-refractivity contribution is -0.160. The molecule has 29 heavy (non-hydrogen) atoms. The highest BCUT2D eigenvalue weighted by Crippen LogP contribution is 2.66. The predicted molar refractivity (Wildman–Crippen MR) is 101 cm³/mol. The summed E-state index contributed by atoms with van der Waals surface area (Å²) in [5.74, 6) is -1.16. The highest BCUT2D eigenvalue weighted by Gasteiger charge is 2.74. The zero-order valence-electron chi connectivity index (χ0n) is 17.6. The summed E-state index contributed by atoms with van der Waals surface area (Å²) in [6, 6.07) is 1.46. The van der Waals surface area contributed by atoms with Crippen LogP contribution in [0, 0.1) is 11.3 Å². The summed E-state index contributed by atoms with van der Waals surface area (Å²) in [5, 5.41) is 11.3. The molecule has 7 nitrogen and oxygen atoms in total. The van der Waals surface area contributed by atoms with E-state index in [0.717, 1.165) is 0 Å². The van der Waals surface area contributed by atoms with Crippen LogP contribution < -0.4 is 5.63 Å². The molecular weight excluding hydrogens is 376 g/mol. The van der Waals surface area contributed by atoms with Crippen molar-refractivity contribution >= 4 is 5.97 Å². The summed E-state index contributed by atoms with van der Waals surface area (Å²) < 4.78 is 23.8. The van der Waals surface area contributed by atoms with Gasteiger partial charge in [0.05, 0.1) is 17.6 Å². The van der Waals surface area contributed by atoms with E-state index in [9.17, 15) is 14.7 Å². The third kappa shape index (κ3) is 2.24. The van der Waals surface area contributed by atoms with E-state index < -0.39 is 34.5 Å². The second-order valence-corrected chi connectivity index (χ2v) is 10.2. The van der Waals surface area contributed by atoms with Crippen LogP contribution in [0.5, 0.6) is 0 Å². The fourth-order valence-corrected chi connectivity index (χ4v) is 6.55. The lowest BCUT2D eigenvalue weighted by Crippen LogP contribution is -2.63. The van der Waals surface area contributed by atoms with E-state index in [0.29, 0.717) is 23.3 Å². The van der Waals surface area contributed by atoms with Gasteiger partial charge in [-0.1, -0.05) is 20.8 Å². The van der Waals surface area contributed by atoms with E-state index in [2.05, 4.69) is 0 Å². The average Bonchev–Trinajstić information content (AvgIpc) is 3.06. The van der Waals surface area contributed by atoms with Crippen molar-refractivity contribution in [3.63, 3.8) is 0 Å². The molecule has 3 fully saturated rings. The fourth-order valence-electron chi connectivity index (χ4n) is 6.55. The van der Waals surface area contributed by atoms with Gasteiger partial charge in [-0.25, -0.2) is 4.79 Å². The molecule has 2 unspecified atom stereocenters. The van der Waals surface area contributed by atoms with Crippen molar-refractivity contribution in [1.29, 1.82) is 0 Å². The number of ether oxygens (including phenoxy) is 3. The summed E-state index contributed by atoms with van der Waals surface area (Å²) in [6.07, 6.45) is -2.01.